The molecule has 1 saturated heterocycles. The summed E-state index contributed by atoms with van der Waals surface area (Å²) < 4.78 is 13.3. The van der Waals surface area contributed by atoms with Crippen LogP contribution in [0, 0.1) is 5.82 Å². The summed E-state index contributed by atoms with van der Waals surface area (Å²) in [6.07, 6.45) is 8.99. The number of halogens is 1. The van der Waals surface area contributed by atoms with Crippen molar-refractivity contribution in [2.45, 2.75) is 58.2 Å². The van der Waals surface area contributed by atoms with Gasteiger partial charge in [0.25, 0.3) is 0 Å². The minimum atomic E-state index is -0.198. The molecule has 0 saturated carbocycles. The van der Waals surface area contributed by atoms with Gasteiger partial charge in [0.15, 0.2) is 0 Å². The Morgan fingerprint density at radius 2 is 1.93 bits per heavy atom. The third kappa shape index (κ3) is 5.13. The van der Waals surface area contributed by atoms with Gasteiger partial charge < -0.3 is 4.90 Å². The topological polar surface area (TPSA) is 49.3 Å². The van der Waals surface area contributed by atoms with Crippen LogP contribution in [0.25, 0.3) is 0 Å². The van der Waals surface area contributed by atoms with E-state index < -0.39 is 0 Å². The van der Waals surface area contributed by atoms with E-state index in [4.69, 9.17) is 0 Å². The van der Waals surface area contributed by atoms with Crippen LogP contribution >= 0.6 is 0 Å². The maximum atomic E-state index is 13.3. The lowest BCUT2D eigenvalue weighted by atomic mass is 10.0. The highest BCUT2D eigenvalue weighted by Gasteiger charge is 2.27. The lowest BCUT2D eigenvalue weighted by Crippen LogP contribution is -2.39. The lowest BCUT2D eigenvalue weighted by Gasteiger charge is -2.32. The Morgan fingerprint density at radius 3 is 2.57 bits per heavy atom. The summed E-state index contributed by atoms with van der Waals surface area (Å²) in [6, 6.07) is 7.36. The van der Waals surface area contributed by atoms with Crippen molar-refractivity contribution in [3.05, 3.63) is 59.9 Å². The highest BCUT2D eigenvalue weighted by atomic mass is 19.1. The monoisotopic (exact) mass is 384 g/mol. The molecule has 0 radical (unpaired) electrons. The van der Waals surface area contributed by atoms with Crippen molar-refractivity contribution >= 4 is 5.91 Å². The van der Waals surface area contributed by atoms with Gasteiger partial charge in [0.1, 0.15) is 12.1 Å². The van der Waals surface area contributed by atoms with Gasteiger partial charge in [0.05, 0.1) is 0 Å². The van der Waals surface area contributed by atoms with Crippen LogP contribution in [0.5, 0.6) is 0 Å². The van der Waals surface area contributed by atoms with Gasteiger partial charge in [-0.3, -0.25) is 9.69 Å². The molecular formula is C22H29FN4O. The number of nitrogens with zero attached hydrogens (tertiary/aromatic N) is 4. The lowest BCUT2D eigenvalue weighted by molar-refractivity contribution is -0.132. The molecule has 0 spiro atoms. The number of aromatic nitrogens is 2. The number of likely N-dealkylation sites (tertiary alicyclic amines) is 1. The summed E-state index contributed by atoms with van der Waals surface area (Å²) in [5.41, 5.74) is 2.11. The maximum Gasteiger partial charge on any atom is 0.219 e. The maximum absolute atomic E-state index is 13.3. The predicted octanol–water partition coefficient (Wildman–Crippen LogP) is 3.97. The number of hydrogen-bond acceptors (Lipinski definition) is 4. The minimum absolute atomic E-state index is 0.0906. The van der Waals surface area contributed by atoms with Crippen LogP contribution in [0.3, 0.4) is 0 Å². The third-order valence-electron chi connectivity index (χ3n) is 5.63. The van der Waals surface area contributed by atoms with Crippen LogP contribution in [0.4, 0.5) is 4.39 Å². The smallest absolute Gasteiger partial charge is 0.219 e. The van der Waals surface area contributed by atoms with Gasteiger partial charge in [-0.05, 0) is 49.9 Å². The fourth-order valence-corrected chi connectivity index (χ4v) is 4.22. The number of benzene rings is 1. The van der Waals surface area contributed by atoms with Crippen LogP contribution in [0.1, 0.15) is 56.7 Å². The van der Waals surface area contributed by atoms with Crippen LogP contribution < -0.4 is 0 Å². The molecular weight excluding hydrogens is 355 g/mol. The Kier molecular flexibility index (Phi) is 7.09. The molecule has 2 atom stereocenters. The van der Waals surface area contributed by atoms with Gasteiger partial charge in [0, 0.05) is 50.1 Å². The first-order valence-corrected chi connectivity index (χ1v) is 10.1. The molecule has 1 aromatic heterocycles. The summed E-state index contributed by atoms with van der Waals surface area (Å²) in [7, 11) is 0. The fraction of sp³-hybridized carbons (Fsp3) is 0.500. The van der Waals surface area contributed by atoms with E-state index in [2.05, 4.69) is 21.8 Å². The molecule has 1 aliphatic heterocycles. The van der Waals surface area contributed by atoms with Crippen molar-refractivity contribution in [3.8, 4) is 0 Å². The van der Waals surface area contributed by atoms with Gasteiger partial charge in [-0.2, -0.15) is 0 Å². The quantitative estimate of drug-likeness (QED) is 0.756. The number of carbonyl (C=O) groups excluding carboxylic acids is 1. The van der Waals surface area contributed by atoms with Crippen LogP contribution in [-0.2, 0) is 11.3 Å². The van der Waals surface area contributed by atoms with Gasteiger partial charge in [-0.1, -0.05) is 19.1 Å². The average molecular weight is 384 g/mol. The van der Waals surface area contributed by atoms with Crippen LogP contribution in [0.2, 0.25) is 0 Å². The molecule has 1 aromatic carbocycles. The van der Waals surface area contributed by atoms with E-state index in [-0.39, 0.29) is 23.8 Å². The molecule has 28 heavy (non-hydrogen) atoms. The minimum Gasteiger partial charge on any atom is -0.335 e. The summed E-state index contributed by atoms with van der Waals surface area (Å²) in [5, 5.41) is 0. The Bertz CT molecular complexity index is 753. The first-order chi connectivity index (χ1) is 13.6. The first kappa shape index (κ1) is 20.4. The molecule has 0 unspecified atom stereocenters. The summed E-state index contributed by atoms with van der Waals surface area (Å²) in [6.45, 7) is 6.28. The largest absolute Gasteiger partial charge is 0.335 e. The number of hydrogen-bond donors (Lipinski definition) is 0. The normalized spacial score (nSPS) is 19.0. The van der Waals surface area contributed by atoms with Crippen molar-refractivity contribution in [2.24, 2.45) is 0 Å². The zero-order valence-electron chi connectivity index (χ0n) is 16.7. The molecule has 5 nitrogen and oxygen atoms in total. The van der Waals surface area contributed by atoms with Crippen LogP contribution in [-0.4, -0.2) is 44.8 Å². The van der Waals surface area contributed by atoms with E-state index >= 15 is 0 Å². The second-order valence-electron chi connectivity index (χ2n) is 7.49. The van der Waals surface area contributed by atoms with Gasteiger partial charge in [0.2, 0.25) is 5.91 Å². The molecule has 1 fully saturated rings. The predicted molar refractivity (Wildman–Crippen MR) is 107 cm³/mol. The number of carbonyl (C=O) groups is 1. The summed E-state index contributed by atoms with van der Waals surface area (Å²) in [4.78, 5) is 24.9. The SMILES string of the molecule is CC[C@H](c1ccc(F)cc1)N1CCC[C@H](N(Cc2cncnc2)C(C)=O)CC1. The van der Waals surface area contributed by atoms with Gasteiger partial charge in [-0.15, -0.1) is 0 Å². The molecule has 6 heteroatoms. The Labute approximate surface area is 166 Å². The first-order valence-electron chi connectivity index (χ1n) is 10.1. The highest BCUT2D eigenvalue weighted by molar-refractivity contribution is 5.73. The Morgan fingerprint density at radius 1 is 1.21 bits per heavy atom. The van der Waals surface area contributed by atoms with Crippen molar-refractivity contribution in [2.75, 3.05) is 13.1 Å². The molecule has 3 rings (SSSR count). The molecule has 150 valence electrons. The zero-order valence-corrected chi connectivity index (χ0v) is 16.7. The zero-order chi connectivity index (χ0) is 19.9. The van der Waals surface area contributed by atoms with E-state index in [0.29, 0.717) is 6.54 Å². The third-order valence-corrected chi connectivity index (χ3v) is 5.63. The Balaban J connectivity index is 1.68. The second-order valence-corrected chi connectivity index (χ2v) is 7.49. The molecule has 0 bridgehead atoms. The molecule has 2 heterocycles. The van der Waals surface area contributed by atoms with Gasteiger partial charge >= 0.3 is 0 Å². The second kappa shape index (κ2) is 9.73. The number of rotatable bonds is 6. The van der Waals surface area contributed by atoms with Crippen LogP contribution in [0.15, 0.2) is 43.0 Å². The molecule has 0 aliphatic carbocycles. The molecule has 2 aromatic rings. The van der Waals surface area contributed by atoms with E-state index in [1.807, 2.05) is 17.0 Å². The van der Waals surface area contributed by atoms with Crippen molar-refractivity contribution in [1.29, 1.82) is 0 Å². The standard InChI is InChI=1S/C22H29FN4O/c1-3-22(19-6-8-20(23)9-7-19)26-11-4-5-21(10-12-26)27(17(2)28)15-18-13-24-16-25-14-18/h6-9,13-14,16,21-22H,3-5,10-12,15H2,1-2H3/t21-,22+/m0/s1. The van der Waals surface area contributed by atoms with Crippen molar-refractivity contribution in [1.82, 2.24) is 19.8 Å². The molecule has 1 amide bonds. The summed E-state index contributed by atoms with van der Waals surface area (Å²) >= 11 is 0. The molecule has 1 aliphatic rings. The number of amides is 1. The van der Waals surface area contributed by atoms with Crippen molar-refractivity contribution in [3.63, 3.8) is 0 Å². The van der Waals surface area contributed by atoms with E-state index in [0.717, 1.165) is 49.9 Å². The van der Waals surface area contributed by atoms with Crippen molar-refractivity contribution < 1.29 is 9.18 Å². The van der Waals surface area contributed by atoms with Gasteiger partial charge in [-0.25, -0.2) is 14.4 Å². The van der Waals surface area contributed by atoms with E-state index in [1.165, 1.54) is 18.5 Å². The average Bonchev–Trinajstić information content (AvgIpc) is 2.95. The van der Waals surface area contributed by atoms with E-state index in [9.17, 15) is 9.18 Å². The summed E-state index contributed by atoms with van der Waals surface area (Å²) in [5.74, 6) is -0.107. The highest BCUT2D eigenvalue weighted by Crippen LogP contribution is 2.28. The molecule has 0 N–H and O–H groups in total. The van der Waals surface area contributed by atoms with E-state index in [1.54, 1.807) is 19.3 Å². The fourth-order valence-electron chi connectivity index (χ4n) is 4.22. The Hall–Kier alpha value is -2.34.